The molecule has 7 nitrogen and oxygen atoms in total. The molecule has 1 fully saturated rings. The van der Waals surface area contributed by atoms with Crippen LogP contribution in [0.2, 0.25) is 0 Å². The number of sulfonamides is 1. The molecule has 1 aromatic rings. The van der Waals surface area contributed by atoms with Gasteiger partial charge in [0.25, 0.3) is 5.91 Å². The summed E-state index contributed by atoms with van der Waals surface area (Å²) < 4.78 is 29.7. The molecule has 1 aliphatic rings. The lowest BCUT2D eigenvalue weighted by Crippen LogP contribution is -2.49. The first-order chi connectivity index (χ1) is 9.37. The van der Waals surface area contributed by atoms with Crippen molar-refractivity contribution in [1.82, 2.24) is 14.8 Å². The molecule has 0 radical (unpaired) electrons. The first-order valence-electron chi connectivity index (χ1n) is 6.56. The molecule has 1 amide bonds. The highest BCUT2D eigenvalue weighted by molar-refractivity contribution is 7.88. The monoisotopic (exact) mass is 301 g/mol. The molecular formula is C12H19N3O4S. The summed E-state index contributed by atoms with van der Waals surface area (Å²) >= 11 is 0. The van der Waals surface area contributed by atoms with E-state index in [4.69, 9.17) is 4.52 Å². The number of piperidine rings is 1. The van der Waals surface area contributed by atoms with Crippen molar-refractivity contribution in [2.24, 2.45) is 0 Å². The van der Waals surface area contributed by atoms with Crippen molar-refractivity contribution < 1.29 is 17.7 Å². The van der Waals surface area contributed by atoms with Gasteiger partial charge in [0.1, 0.15) is 5.76 Å². The Kier molecular flexibility index (Phi) is 4.44. The number of carbonyl (C=O) groups excluding carboxylic acids is 1. The van der Waals surface area contributed by atoms with Crippen LogP contribution >= 0.6 is 0 Å². The van der Waals surface area contributed by atoms with Crippen LogP contribution in [0.3, 0.4) is 0 Å². The van der Waals surface area contributed by atoms with Crippen LogP contribution in [0.5, 0.6) is 0 Å². The predicted molar refractivity (Wildman–Crippen MR) is 72.8 cm³/mol. The van der Waals surface area contributed by atoms with Gasteiger partial charge in [-0.2, -0.15) is 0 Å². The van der Waals surface area contributed by atoms with Crippen LogP contribution < -0.4 is 4.72 Å². The molecular weight excluding hydrogens is 282 g/mol. The number of hydrogen-bond acceptors (Lipinski definition) is 5. The maximum absolute atomic E-state index is 12.4. The summed E-state index contributed by atoms with van der Waals surface area (Å²) in [5.41, 5.74) is 0.272. The van der Waals surface area contributed by atoms with Gasteiger partial charge in [0.05, 0.1) is 6.26 Å². The molecule has 0 aromatic carbocycles. The molecule has 2 heterocycles. The van der Waals surface area contributed by atoms with Crippen molar-refractivity contribution in [2.45, 2.75) is 32.2 Å². The predicted octanol–water partition coefficient (Wildman–Crippen LogP) is 0.527. The Morgan fingerprint density at radius 1 is 1.55 bits per heavy atom. The lowest BCUT2D eigenvalue weighted by molar-refractivity contribution is 0.0608. The van der Waals surface area contributed by atoms with E-state index in [1.54, 1.807) is 17.9 Å². The third-order valence-electron chi connectivity index (χ3n) is 3.32. The van der Waals surface area contributed by atoms with Gasteiger partial charge in [-0.05, 0) is 26.2 Å². The zero-order valence-corrected chi connectivity index (χ0v) is 12.4. The number of rotatable bonds is 4. The number of nitrogens with zero attached hydrogens (tertiary/aromatic N) is 2. The molecule has 8 heteroatoms. The van der Waals surface area contributed by atoms with Gasteiger partial charge in [-0.3, -0.25) is 4.79 Å². The largest absolute Gasteiger partial charge is 0.361 e. The average Bonchev–Trinajstić information content (AvgIpc) is 2.82. The van der Waals surface area contributed by atoms with Gasteiger partial charge in [-0.25, -0.2) is 13.1 Å². The van der Waals surface area contributed by atoms with Crippen LogP contribution in [-0.2, 0) is 10.0 Å². The average molecular weight is 301 g/mol. The Labute approximate surface area is 118 Å². The Hall–Kier alpha value is -1.41. The molecule has 1 atom stereocenters. The van der Waals surface area contributed by atoms with Crippen molar-refractivity contribution in [2.75, 3.05) is 19.3 Å². The van der Waals surface area contributed by atoms with E-state index in [9.17, 15) is 13.2 Å². The van der Waals surface area contributed by atoms with E-state index >= 15 is 0 Å². The quantitative estimate of drug-likeness (QED) is 0.875. The number of likely N-dealkylation sites (tertiary alicyclic amines) is 1. The highest BCUT2D eigenvalue weighted by atomic mass is 32.2. The summed E-state index contributed by atoms with van der Waals surface area (Å²) in [4.78, 5) is 14.1. The number of aromatic nitrogens is 1. The van der Waals surface area contributed by atoms with Gasteiger partial charge in [0.15, 0.2) is 5.69 Å². The second-order valence-electron chi connectivity index (χ2n) is 5.09. The minimum atomic E-state index is -3.26. The fourth-order valence-electron chi connectivity index (χ4n) is 2.34. The van der Waals surface area contributed by atoms with Crippen LogP contribution in [0.25, 0.3) is 0 Å². The van der Waals surface area contributed by atoms with E-state index in [0.717, 1.165) is 25.5 Å². The molecule has 1 unspecified atom stereocenters. The smallest absolute Gasteiger partial charge is 0.276 e. The normalized spacial score (nSPS) is 20.1. The van der Waals surface area contributed by atoms with E-state index < -0.39 is 10.0 Å². The number of carbonyl (C=O) groups is 1. The van der Waals surface area contributed by atoms with E-state index in [0.29, 0.717) is 12.3 Å². The topological polar surface area (TPSA) is 92.5 Å². The van der Waals surface area contributed by atoms with Crippen molar-refractivity contribution in [3.63, 3.8) is 0 Å². The molecule has 1 saturated heterocycles. The summed E-state index contributed by atoms with van der Waals surface area (Å²) in [7, 11) is -3.26. The van der Waals surface area contributed by atoms with E-state index in [1.165, 1.54) is 0 Å². The van der Waals surface area contributed by atoms with Crippen molar-refractivity contribution in [1.29, 1.82) is 0 Å². The van der Waals surface area contributed by atoms with Crippen LogP contribution in [0.15, 0.2) is 10.6 Å². The molecule has 0 aliphatic carbocycles. The lowest BCUT2D eigenvalue weighted by Gasteiger charge is -2.35. The highest BCUT2D eigenvalue weighted by Crippen LogP contribution is 2.19. The number of amides is 1. The molecule has 1 N–H and O–H groups in total. The molecule has 20 heavy (non-hydrogen) atoms. The molecule has 0 spiro atoms. The zero-order valence-electron chi connectivity index (χ0n) is 11.6. The maximum atomic E-state index is 12.4. The number of aryl methyl sites for hydroxylation is 1. The van der Waals surface area contributed by atoms with Gasteiger partial charge in [-0.15, -0.1) is 0 Å². The molecule has 0 bridgehead atoms. The van der Waals surface area contributed by atoms with E-state index in [2.05, 4.69) is 9.88 Å². The van der Waals surface area contributed by atoms with E-state index in [-0.39, 0.29) is 24.2 Å². The van der Waals surface area contributed by atoms with Gasteiger partial charge in [0.2, 0.25) is 10.0 Å². The Balaban J connectivity index is 2.08. The first kappa shape index (κ1) is 15.0. The molecule has 1 aliphatic heterocycles. The molecule has 112 valence electrons. The SMILES string of the molecule is Cc1cc(C(=O)N2CCCCC2CNS(C)(=O)=O)no1. The third kappa shape index (κ3) is 3.80. The maximum Gasteiger partial charge on any atom is 0.276 e. The summed E-state index contributed by atoms with van der Waals surface area (Å²) in [6.45, 7) is 2.57. The molecule has 2 rings (SSSR count). The Morgan fingerprint density at radius 2 is 2.30 bits per heavy atom. The fourth-order valence-corrected chi connectivity index (χ4v) is 2.84. The lowest BCUT2D eigenvalue weighted by atomic mass is 10.0. The Morgan fingerprint density at radius 3 is 2.90 bits per heavy atom. The van der Waals surface area contributed by atoms with Gasteiger partial charge in [0, 0.05) is 25.2 Å². The van der Waals surface area contributed by atoms with Crippen LogP contribution in [0.1, 0.15) is 35.5 Å². The van der Waals surface area contributed by atoms with Crippen molar-refractivity contribution >= 4 is 15.9 Å². The van der Waals surface area contributed by atoms with Crippen LogP contribution in [0, 0.1) is 6.92 Å². The number of nitrogens with one attached hydrogen (secondary N) is 1. The van der Waals surface area contributed by atoms with E-state index in [1.807, 2.05) is 0 Å². The summed E-state index contributed by atoms with van der Waals surface area (Å²) in [6, 6.07) is 1.46. The first-order valence-corrected chi connectivity index (χ1v) is 8.45. The minimum absolute atomic E-state index is 0.136. The summed E-state index contributed by atoms with van der Waals surface area (Å²) in [5.74, 6) is 0.373. The standard InChI is InChI=1S/C12H19N3O4S/c1-9-7-11(14-19-9)12(16)15-6-4-3-5-10(15)8-13-20(2,17)18/h7,10,13H,3-6,8H2,1-2H3. The van der Waals surface area contributed by atoms with Gasteiger partial charge < -0.3 is 9.42 Å². The molecule has 0 saturated carbocycles. The second kappa shape index (κ2) is 5.92. The van der Waals surface area contributed by atoms with Crippen molar-refractivity contribution in [3.8, 4) is 0 Å². The van der Waals surface area contributed by atoms with Gasteiger partial charge in [-0.1, -0.05) is 5.16 Å². The summed E-state index contributed by atoms with van der Waals surface area (Å²) in [5, 5.41) is 3.73. The minimum Gasteiger partial charge on any atom is -0.361 e. The van der Waals surface area contributed by atoms with Gasteiger partial charge >= 0.3 is 0 Å². The van der Waals surface area contributed by atoms with Crippen LogP contribution in [0.4, 0.5) is 0 Å². The zero-order chi connectivity index (χ0) is 14.8. The van der Waals surface area contributed by atoms with Crippen molar-refractivity contribution in [3.05, 3.63) is 17.5 Å². The highest BCUT2D eigenvalue weighted by Gasteiger charge is 2.29. The number of hydrogen-bond donors (Lipinski definition) is 1. The fraction of sp³-hybridized carbons (Fsp3) is 0.667. The summed E-state index contributed by atoms with van der Waals surface area (Å²) in [6.07, 6.45) is 3.80. The molecule has 1 aromatic heterocycles. The van der Waals surface area contributed by atoms with Crippen LogP contribution in [-0.4, -0.2) is 49.8 Å². The third-order valence-corrected chi connectivity index (χ3v) is 4.01. The Bertz CT molecular complexity index is 581. The second-order valence-corrected chi connectivity index (χ2v) is 6.92.